The van der Waals surface area contributed by atoms with E-state index in [4.69, 9.17) is 0 Å². The summed E-state index contributed by atoms with van der Waals surface area (Å²) >= 11 is 1.41. The summed E-state index contributed by atoms with van der Waals surface area (Å²) in [4.78, 5) is 24.8. The first kappa shape index (κ1) is 17.9. The van der Waals surface area contributed by atoms with Gasteiger partial charge < -0.3 is 10.6 Å². The molecule has 6 nitrogen and oxygen atoms in total. The molecule has 0 unspecified atom stereocenters. The van der Waals surface area contributed by atoms with Crippen LogP contribution in [0.1, 0.15) is 63.3 Å². The molecule has 0 radical (unpaired) electrons. The van der Waals surface area contributed by atoms with E-state index < -0.39 is 0 Å². The average Bonchev–Trinajstić information content (AvgIpc) is 3.05. The zero-order valence-electron chi connectivity index (χ0n) is 15.4. The summed E-state index contributed by atoms with van der Waals surface area (Å²) < 4.78 is 0. The second-order valence-corrected chi connectivity index (χ2v) is 9.52. The molecule has 26 heavy (non-hydrogen) atoms. The molecular formula is C19H28N4O2S. The lowest BCUT2D eigenvalue weighted by Crippen LogP contribution is -2.53. The molecule has 2 N–H and O–H groups in total. The normalized spacial score (nSPS) is 31.8. The van der Waals surface area contributed by atoms with Gasteiger partial charge in [-0.3, -0.25) is 9.59 Å². The first-order valence-electron chi connectivity index (χ1n) is 9.97. The highest BCUT2D eigenvalue weighted by atomic mass is 32.1. The van der Waals surface area contributed by atoms with Gasteiger partial charge in [-0.2, -0.15) is 0 Å². The van der Waals surface area contributed by atoms with Crippen molar-refractivity contribution in [2.45, 2.75) is 64.7 Å². The quantitative estimate of drug-likeness (QED) is 0.716. The summed E-state index contributed by atoms with van der Waals surface area (Å²) in [7, 11) is 0. The molecule has 142 valence electrons. The zero-order valence-corrected chi connectivity index (χ0v) is 16.2. The zero-order chi connectivity index (χ0) is 18.1. The van der Waals surface area contributed by atoms with E-state index in [1.165, 1.54) is 30.6 Å². The van der Waals surface area contributed by atoms with Crippen molar-refractivity contribution in [2.24, 2.45) is 23.2 Å². The fourth-order valence-corrected chi connectivity index (χ4v) is 6.35. The molecule has 5 rings (SSSR count). The van der Waals surface area contributed by atoms with Crippen LogP contribution in [0.15, 0.2) is 0 Å². The van der Waals surface area contributed by atoms with Crippen molar-refractivity contribution in [3.05, 3.63) is 5.01 Å². The monoisotopic (exact) mass is 376 g/mol. The molecule has 0 saturated heterocycles. The third-order valence-electron chi connectivity index (χ3n) is 6.40. The van der Waals surface area contributed by atoms with Crippen molar-refractivity contribution >= 4 is 28.3 Å². The molecule has 1 aromatic heterocycles. The van der Waals surface area contributed by atoms with Gasteiger partial charge in [-0.1, -0.05) is 18.3 Å². The highest BCUT2D eigenvalue weighted by Gasteiger charge is 2.54. The summed E-state index contributed by atoms with van der Waals surface area (Å²) in [5, 5.41) is 15.3. The molecule has 4 fully saturated rings. The number of amides is 2. The number of rotatable bonds is 7. The fourth-order valence-electron chi connectivity index (χ4n) is 5.66. The lowest BCUT2D eigenvalue weighted by Gasteiger charge is -2.55. The second kappa shape index (κ2) is 7.25. The Bertz CT molecular complexity index is 652. The number of hydrogen-bond acceptors (Lipinski definition) is 5. The number of aryl methyl sites for hydroxylation is 1. The Labute approximate surface area is 158 Å². The largest absolute Gasteiger partial charge is 0.356 e. The summed E-state index contributed by atoms with van der Waals surface area (Å²) in [5.41, 5.74) is -0.0971. The molecule has 1 heterocycles. The smallest absolute Gasteiger partial charge is 0.226 e. The van der Waals surface area contributed by atoms with Gasteiger partial charge in [0.05, 0.1) is 0 Å². The predicted molar refractivity (Wildman–Crippen MR) is 101 cm³/mol. The van der Waals surface area contributed by atoms with Crippen molar-refractivity contribution in [3.63, 3.8) is 0 Å². The van der Waals surface area contributed by atoms with Crippen molar-refractivity contribution < 1.29 is 9.59 Å². The minimum Gasteiger partial charge on any atom is -0.356 e. The molecule has 4 bridgehead atoms. The Hall–Kier alpha value is -1.50. The number of aromatic nitrogens is 2. The number of nitrogens with one attached hydrogen (secondary N) is 2. The second-order valence-electron chi connectivity index (χ2n) is 8.46. The van der Waals surface area contributed by atoms with Crippen LogP contribution in [0.2, 0.25) is 0 Å². The average molecular weight is 377 g/mol. The van der Waals surface area contributed by atoms with Gasteiger partial charge in [0.25, 0.3) is 0 Å². The Morgan fingerprint density at radius 2 is 1.77 bits per heavy atom. The van der Waals surface area contributed by atoms with Gasteiger partial charge >= 0.3 is 0 Å². The van der Waals surface area contributed by atoms with Crippen molar-refractivity contribution in [1.82, 2.24) is 15.5 Å². The molecule has 4 saturated carbocycles. The third kappa shape index (κ3) is 3.63. The van der Waals surface area contributed by atoms with E-state index in [0.717, 1.165) is 48.4 Å². The van der Waals surface area contributed by atoms with Gasteiger partial charge in [0.2, 0.25) is 16.9 Å². The molecule has 1 aromatic rings. The highest BCUT2D eigenvalue weighted by molar-refractivity contribution is 7.15. The summed E-state index contributed by atoms with van der Waals surface area (Å²) in [6.07, 6.45) is 9.16. The van der Waals surface area contributed by atoms with E-state index in [1.54, 1.807) is 0 Å². The Kier molecular flexibility index (Phi) is 4.99. The third-order valence-corrected chi connectivity index (χ3v) is 7.38. The van der Waals surface area contributed by atoms with Gasteiger partial charge in [-0.25, -0.2) is 0 Å². The summed E-state index contributed by atoms with van der Waals surface area (Å²) in [6, 6.07) is 0. The number of anilines is 1. The van der Waals surface area contributed by atoms with Gasteiger partial charge in [0, 0.05) is 18.4 Å². The maximum Gasteiger partial charge on any atom is 0.226 e. The summed E-state index contributed by atoms with van der Waals surface area (Å²) in [6.45, 7) is 2.59. The molecule has 4 aliphatic carbocycles. The van der Waals surface area contributed by atoms with Crippen LogP contribution in [0.5, 0.6) is 0 Å². The Morgan fingerprint density at radius 1 is 1.12 bits per heavy atom. The predicted octanol–water partition coefficient (Wildman–Crippen LogP) is 3.15. The SMILES string of the molecule is CCc1nnc(NC(=O)CCCNC(=O)C23CC4CC(CC(C4)C2)C3)s1. The molecule has 4 aliphatic rings. The molecule has 2 amide bonds. The van der Waals surface area contributed by atoms with E-state index in [2.05, 4.69) is 20.8 Å². The van der Waals surface area contributed by atoms with Crippen LogP contribution in [0, 0.1) is 23.2 Å². The van der Waals surface area contributed by atoms with Crippen LogP contribution < -0.4 is 10.6 Å². The molecule has 0 aromatic carbocycles. The van der Waals surface area contributed by atoms with Gasteiger partial charge in [0.15, 0.2) is 0 Å². The van der Waals surface area contributed by atoms with E-state index in [9.17, 15) is 9.59 Å². The van der Waals surface area contributed by atoms with Crippen molar-refractivity contribution in [3.8, 4) is 0 Å². The standard InChI is InChI=1S/C19H28N4O2S/c1-2-16-22-23-18(26-16)21-15(24)4-3-5-20-17(25)19-9-12-6-13(10-19)8-14(7-12)11-19/h12-14H,2-11H2,1H3,(H,20,25)(H,21,23,24). The minimum atomic E-state index is -0.0971. The number of carbonyl (C=O) groups excluding carboxylic acids is 2. The first-order chi connectivity index (χ1) is 12.6. The maximum absolute atomic E-state index is 12.8. The number of nitrogens with zero attached hydrogens (tertiary/aromatic N) is 2. The van der Waals surface area contributed by atoms with Gasteiger partial charge in [0.1, 0.15) is 5.01 Å². The lowest BCUT2D eigenvalue weighted by atomic mass is 9.49. The van der Waals surface area contributed by atoms with E-state index in [-0.39, 0.29) is 17.2 Å². The van der Waals surface area contributed by atoms with Crippen LogP contribution in [-0.2, 0) is 16.0 Å². The van der Waals surface area contributed by atoms with Crippen molar-refractivity contribution in [2.75, 3.05) is 11.9 Å². The number of carbonyl (C=O) groups is 2. The van der Waals surface area contributed by atoms with Crippen LogP contribution in [0.3, 0.4) is 0 Å². The molecule has 0 aliphatic heterocycles. The summed E-state index contributed by atoms with van der Waals surface area (Å²) in [5.74, 6) is 2.51. The Morgan fingerprint density at radius 3 is 2.35 bits per heavy atom. The molecule has 0 atom stereocenters. The Balaban J connectivity index is 1.20. The van der Waals surface area contributed by atoms with Crippen LogP contribution in [0.25, 0.3) is 0 Å². The molecule has 0 spiro atoms. The first-order valence-corrected chi connectivity index (χ1v) is 10.8. The highest BCUT2D eigenvalue weighted by Crippen LogP contribution is 2.60. The fraction of sp³-hybridized carbons (Fsp3) is 0.789. The van der Waals surface area contributed by atoms with Crippen molar-refractivity contribution in [1.29, 1.82) is 0 Å². The minimum absolute atomic E-state index is 0.0622. The van der Waals surface area contributed by atoms with Crippen LogP contribution >= 0.6 is 11.3 Å². The van der Waals surface area contributed by atoms with Crippen LogP contribution in [-0.4, -0.2) is 28.6 Å². The van der Waals surface area contributed by atoms with Gasteiger partial charge in [-0.15, -0.1) is 10.2 Å². The van der Waals surface area contributed by atoms with E-state index in [1.807, 2.05) is 6.92 Å². The van der Waals surface area contributed by atoms with Gasteiger partial charge in [-0.05, 0) is 69.1 Å². The van der Waals surface area contributed by atoms with Crippen LogP contribution in [0.4, 0.5) is 5.13 Å². The molecular weight excluding hydrogens is 348 g/mol. The molecule has 7 heteroatoms. The van der Waals surface area contributed by atoms with E-state index >= 15 is 0 Å². The maximum atomic E-state index is 12.8. The van der Waals surface area contributed by atoms with E-state index in [0.29, 0.717) is 24.5 Å². The topological polar surface area (TPSA) is 84.0 Å². The lowest BCUT2D eigenvalue weighted by molar-refractivity contribution is -0.146. The number of hydrogen-bond donors (Lipinski definition) is 2.